The molecule has 7 nitrogen and oxygen atoms in total. The van der Waals surface area contributed by atoms with E-state index in [0.717, 1.165) is 36.8 Å². The summed E-state index contributed by atoms with van der Waals surface area (Å²) in [7, 11) is 0. The lowest BCUT2D eigenvalue weighted by atomic mass is 10.1. The van der Waals surface area contributed by atoms with E-state index >= 15 is 0 Å². The SMILES string of the molecule is CC(C)OC(=O)Nc1ccc2c(c1)nc(Nc1cccc(C(F)(F)F)c1)c1nc(CC3CC3)ncc12. The number of pyridine rings is 1. The van der Waals surface area contributed by atoms with Gasteiger partial charge in [-0.3, -0.25) is 5.32 Å². The molecule has 1 aliphatic carbocycles. The smallest absolute Gasteiger partial charge is 0.416 e. The number of nitrogens with one attached hydrogen (secondary N) is 2. The summed E-state index contributed by atoms with van der Waals surface area (Å²) in [4.78, 5) is 26.0. The van der Waals surface area contributed by atoms with Gasteiger partial charge in [0.25, 0.3) is 0 Å². The number of carbonyl (C=O) groups is 1. The molecule has 1 amide bonds. The molecule has 1 fully saturated rings. The zero-order chi connectivity index (χ0) is 25.4. The molecular formula is C26H24F3N5O2. The molecule has 2 N–H and O–H groups in total. The second kappa shape index (κ2) is 9.25. The van der Waals surface area contributed by atoms with Crippen molar-refractivity contribution in [3.63, 3.8) is 0 Å². The number of nitrogens with zero attached hydrogens (tertiary/aromatic N) is 3. The third-order valence-corrected chi connectivity index (χ3v) is 5.79. The first-order valence-corrected chi connectivity index (χ1v) is 11.7. The Kier molecular flexibility index (Phi) is 6.11. The molecule has 1 saturated carbocycles. The number of ether oxygens (including phenoxy) is 1. The van der Waals surface area contributed by atoms with Crippen LogP contribution in [0.2, 0.25) is 0 Å². The second-order valence-corrected chi connectivity index (χ2v) is 9.17. The van der Waals surface area contributed by atoms with E-state index in [1.165, 1.54) is 6.07 Å². The molecule has 0 atom stereocenters. The number of amides is 1. The summed E-state index contributed by atoms with van der Waals surface area (Å²) in [5.74, 6) is 1.54. The zero-order valence-electron chi connectivity index (χ0n) is 19.7. The number of alkyl halides is 3. The van der Waals surface area contributed by atoms with Gasteiger partial charge >= 0.3 is 12.3 Å². The quantitative estimate of drug-likeness (QED) is 0.285. The maximum Gasteiger partial charge on any atom is 0.416 e. The van der Waals surface area contributed by atoms with E-state index in [9.17, 15) is 18.0 Å². The molecule has 1 aliphatic rings. The fraction of sp³-hybridized carbons (Fsp3) is 0.308. The summed E-state index contributed by atoms with van der Waals surface area (Å²) in [5.41, 5.74) is 0.964. The molecule has 4 aromatic rings. The van der Waals surface area contributed by atoms with Crippen molar-refractivity contribution >= 4 is 45.1 Å². The molecule has 186 valence electrons. The molecule has 2 aromatic carbocycles. The first-order valence-electron chi connectivity index (χ1n) is 11.7. The van der Waals surface area contributed by atoms with Crippen LogP contribution in [0.4, 0.5) is 35.2 Å². The third-order valence-electron chi connectivity index (χ3n) is 5.79. The van der Waals surface area contributed by atoms with Crippen LogP contribution < -0.4 is 10.6 Å². The molecular weight excluding hydrogens is 471 g/mol. The fourth-order valence-corrected chi connectivity index (χ4v) is 3.94. The summed E-state index contributed by atoms with van der Waals surface area (Å²) < 4.78 is 44.9. The van der Waals surface area contributed by atoms with Gasteiger partial charge in [-0.1, -0.05) is 12.1 Å². The van der Waals surface area contributed by atoms with Gasteiger partial charge in [0.1, 0.15) is 11.3 Å². The van der Waals surface area contributed by atoms with Gasteiger partial charge in [-0.15, -0.1) is 0 Å². The summed E-state index contributed by atoms with van der Waals surface area (Å²) >= 11 is 0. The maximum absolute atomic E-state index is 13.3. The van der Waals surface area contributed by atoms with Crippen LogP contribution in [0.5, 0.6) is 0 Å². The normalized spacial score (nSPS) is 13.8. The number of halogens is 3. The van der Waals surface area contributed by atoms with E-state index < -0.39 is 17.8 Å². The van der Waals surface area contributed by atoms with Crippen LogP contribution in [-0.4, -0.2) is 27.1 Å². The Morgan fingerprint density at radius 2 is 1.89 bits per heavy atom. The molecule has 2 aromatic heterocycles. The van der Waals surface area contributed by atoms with E-state index in [-0.39, 0.29) is 11.8 Å². The number of anilines is 3. The molecule has 5 rings (SSSR count). The first-order chi connectivity index (χ1) is 17.2. The first kappa shape index (κ1) is 23.8. The van der Waals surface area contributed by atoms with Gasteiger partial charge in [-0.05, 0) is 62.9 Å². The van der Waals surface area contributed by atoms with E-state index in [0.29, 0.717) is 39.7 Å². The third kappa shape index (κ3) is 5.32. The van der Waals surface area contributed by atoms with E-state index in [1.807, 2.05) is 0 Å². The molecule has 0 unspecified atom stereocenters. The molecule has 0 bridgehead atoms. The number of hydrogen-bond donors (Lipinski definition) is 2. The molecule has 2 heterocycles. The molecule has 0 spiro atoms. The van der Waals surface area contributed by atoms with Gasteiger partial charge in [0.2, 0.25) is 0 Å². The van der Waals surface area contributed by atoms with Gasteiger partial charge < -0.3 is 10.1 Å². The van der Waals surface area contributed by atoms with Crippen LogP contribution >= 0.6 is 0 Å². The lowest BCUT2D eigenvalue weighted by molar-refractivity contribution is -0.137. The van der Waals surface area contributed by atoms with Gasteiger partial charge in [0.05, 0.1) is 17.2 Å². The predicted octanol–water partition coefficient (Wildman–Crippen LogP) is 6.85. The van der Waals surface area contributed by atoms with Gasteiger partial charge in [-0.25, -0.2) is 19.7 Å². The Morgan fingerprint density at radius 1 is 1.08 bits per heavy atom. The van der Waals surface area contributed by atoms with Crippen LogP contribution in [0.1, 0.15) is 38.1 Å². The largest absolute Gasteiger partial charge is 0.447 e. The van der Waals surface area contributed by atoms with Gasteiger partial charge in [-0.2, -0.15) is 13.2 Å². The Hall–Kier alpha value is -3.95. The predicted molar refractivity (Wildman–Crippen MR) is 131 cm³/mol. The Bertz CT molecular complexity index is 1450. The second-order valence-electron chi connectivity index (χ2n) is 9.17. The number of aromatic nitrogens is 3. The minimum atomic E-state index is -4.47. The van der Waals surface area contributed by atoms with E-state index in [2.05, 4.69) is 20.6 Å². The summed E-state index contributed by atoms with van der Waals surface area (Å²) in [5, 5.41) is 7.14. The average molecular weight is 496 g/mol. The summed E-state index contributed by atoms with van der Waals surface area (Å²) in [6.45, 7) is 3.49. The Labute approximate surface area is 205 Å². The van der Waals surface area contributed by atoms with Crippen molar-refractivity contribution in [1.29, 1.82) is 0 Å². The fourth-order valence-electron chi connectivity index (χ4n) is 3.94. The lowest BCUT2D eigenvalue weighted by Gasteiger charge is -2.14. The number of hydrogen-bond acceptors (Lipinski definition) is 6. The summed E-state index contributed by atoms with van der Waals surface area (Å²) in [6.07, 6.45) is -0.595. The van der Waals surface area contributed by atoms with Gasteiger partial charge in [0, 0.05) is 34.8 Å². The van der Waals surface area contributed by atoms with E-state index in [4.69, 9.17) is 9.72 Å². The zero-order valence-corrected chi connectivity index (χ0v) is 19.7. The molecule has 36 heavy (non-hydrogen) atoms. The van der Waals surface area contributed by atoms with Crippen LogP contribution in [0.15, 0.2) is 48.7 Å². The van der Waals surface area contributed by atoms with Crippen molar-refractivity contribution in [2.24, 2.45) is 5.92 Å². The van der Waals surface area contributed by atoms with E-state index in [1.54, 1.807) is 44.3 Å². The highest BCUT2D eigenvalue weighted by Crippen LogP contribution is 2.35. The number of rotatable bonds is 6. The average Bonchev–Trinajstić information content (AvgIpc) is 3.62. The highest BCUT2D eigenvalue weighted by molar-refractivity contribution is 6.09. The minimum Gasteiger partial charge on any atom is -0.447 e. The summed E-state index contributed by atoms with van der Waals surface area (Å²) in [6, 6.07) is 10.1. The van der Waals surface area contributed by atoms with Crippen molar-refractivity contribution in [1.82, 2.24) is 15.0 Å². The Balaban J connectivity index is 1.59. The van der Waals surface area contributed by atoms with Crippen LogP contribution in [0.25, 0.3) is 21.8 Å². The molecule has 0 radical (unpaired) electrons. The van der Waals surface area contributed by atoms with Crippen LogP contribution in [-0.2, 0) is 17.3 Å². The van der Waals surface area contributed by atoms with Crippen molar-refractivity contribution in [2.45, 2.75) is 45.4 Å². The topological polar surface area (TPSA) is 89.0 Å². The van der Waals surface area contributed by atoms with Crippen LogP contribution in [0.3, 0.4) is 0 Å². The highest BCUT2D eigenvalue weighted by Gasteiger charge is 2.30. The van der Waals surface area contributed by atoms with Crippen molar-refractivity contribution in [3.05, 3.63) is 60.0 Å². The minimum absolute atomic E-state index is 0.232. The number of benzene rings is 2. The van der Waals surface area contributed by atoms with Crippen LogP contribution in [0, 0.1) is 5.92 Å². The van der Waals surface area contributed by atoms with Crippen molar-refractivity contribution < 1.29 is 22.7 Å². The maximum atomic E-state index is 13.3. The Morgan fingerprint density at radius 3 is 2.61 bits per heavy atom. The molecule has 10 heteroatoms. The monoisotopic (exact) mass is 495 g/mol. The standard InChI is InChI=1S/C26H24F3N5O2/c1-14(2)36-25(35)32-18-8-9-19-20-13-30-22(10-15-6-7-15)34-23(20)24(33-21(19)12-18)31-17-5-3-4-16(11-17)26(27,28)29/h3-5,8-9,11-15H,6-7,10H2,1-2H3,(H,31,33)(H,32,35). The number of fused-ring (bicyclic) bond motifs is 3. The molecule has 0 aliphatic heterocycles. The highest BCUT2D eigenvalue weighted by atomic mass is 19.4. The van der Waals surface area contributed by atoms with Crippen molar-refractivity contribution in [3.8, 4) is 0 Å². The lowest BCUT2D eigenvalue weighted by Crippen LogP contribution is -2.17. The van der Waals surface area contributed by atoms with Crippen molar-refractivity contribution in [2.75, 3.05) is 10.6 Å². The molecule has 0 saturated heterocycles. The number of carbonyl (C=O) groups excluding carboxylic acids is 1. The van der Waals surface area contributed by atoms with Gasteiger partial charge in [0.15, 0.2) is 5.82 Å².